The Morgan fingerprint density at radius 3 is 2.75 bits per heavy atom. The van der Waals surface area contributed by atoms with Gasteiger partial charge in [0.1, 0.15) is 0 Å². The molecular formula is C12H17F3N2O3. The standard InChI is InChI=1S/C12H17F3N2O3/c1-3-20-10(18)17-11(19,12(13,14)15)8-6-4-5-7(2)9(8)16-17/h7-8,19H,3-6H2,1-2H3/t7-,8-,11+/m1/s1. The van der Waals surface area contributed by atoms with Gasteiger partial charge in [0.05, 0.1) is 12.5 Å². The zero-order chi connectivity index (χ0) is 15.1. The van der Waals surface area contributed by atoms with E-state index in [1.54, 1.807) is 6.92 Å². The minimum Gasteiger partial charge on any atom is -0.448 e. The molecule has 1 fully saturated rings. The van der Waals surface area contributed by atoms with Gasteiger partial charge >= 0.3 is 12.3 Å². The number of aliphatic hydroxyl groups is 1. The third-order valence-corrected chi connectivity index (χ3v) is 3.87. The van der Waals surface area contributed by atoms with Crippen molar-refractivity contribution in [3.8, 4) is 0 Å². The van der Waals surface area contributed by atoms with E-state index in [-0.39, 0.29) is 29.7 Å². The Labute approximate surface area is 114 Å². The second-order valence-electron chi connectivity index (χ2n) is 5.14. The molecule has 0 aromatic heterocycles. The number of fused-ring (bicyclic) bond motifs is 1. The number of hydrogen-bond acceptors (Lipinski definition) is 4. The third-order valence-electron chi connectivity index (χ3n) is 3.87. The van der Waals surface area contributed by atoms with Crippen molar-refractivity contribution < 1.29 is 27.8 Å². The first-order valence-corrected chi connectivity index (χ1v) is 6.58. The molecule has 0 aromatic carbocycles. The van der Waals surface area contributed by atoms with Gasteiger partial charge in [-0.25, -0.2) is 4.79 Å². The summed E-state index contributed by atoms with van der Waals surface area (Å²) in [5.74, 6) is -1.40. The highest BCUT2D eigenvalue weighted by molar-refractivity contribution is 5.93. The molecule has 1 aliphatic heterocycles. The first-order chi connectivity index (χ1) is 9.23. The number of carbonyl (C=O) groups excluding carboxylic acids is 1. The van der Waals surface area contributed by atoms with Crippen LogP contribution in [0, 0.1) is 11.8 Å². The number of alkyl halides is 3. The number of halogens is 3. The van der Waals surface area contributed by atoms with Crippen LogP contribution in [-0.2, 0) is 4.74 Å². The number of hydrogen-bond donors (Lipinski definition) is 1. The number of nitrogens with zero attached hydrogens (tertiary/aromatic N) is 2. The minimum atomic E-state index is -4.99. The molecule has 1 aliphatic carbocycles. The molecule has 2 aliphatic rings. The van der Waals surface area contributed by atoms with Crippen LogP contribution in [0.2, 0.25) is 0 Å². The van der Waals surface area contributed by atoms with Gasteiger partial charge in [-0.15, -0.1) is 0 Å². The predicted octanol–water partition coefficient (Wildman–Crippen LogP) is 2.50. The Morgan fingerprint density at radius 2 is 2.20 bits per heavy atom. The fourth-order valence-corrected chi connectivity index (χ4v) is 2.86. The van der Waals surface area contributed by atoms with Crippen LogP contribution >= 0.6 is 0 Å². The van der Waals surface area contributed by atoms with Crippen molar-refractivity contribution in [2.75, 3.05) is 6.61 Å². The minimum absolute atomic E-state index is 0.0678. The lowest BCUT2D eigenvalue weighted by atomic mass is 9.75. The monoisotopic (exact) mass is 294 g/mol. The molecule has 1 saturated carbocycles. The maximum Gasteiger partial charge on any atom is 0.439 e. The van der Waals surface area contributed by atoms with E-state index in [9.17, 15) is 23.1 Å². The average molecular weight is 294 g/mol. The lowest BCUT2D eigenvalue weighted by Crippen LogP contribution is -2.61. The lowest BCUT2D eigenvalue weighted by Gasteiger charge is -2.38. The highest BCUT2D eigenvalue weighted by atomic mass is 19.4. The fraction of sp³-hybridized carbons (Fsp3) is 0.833. The molecular weight excluding hydrogens is 277 g/mol. The molecule has 0 bridgehead atoms. The topological polar surface area (TPSA) is 62.1 Å². The van der Waals surface area contributed by atoms with E-state index < -0.39 is 23.9 Å². The Morgan fingerprint density at radius 1 is 1.55 bits per heavy atom. The van der Waals surface area contributed by atoms with Gasteiger partial charge in [0.2, 0.25) is 0 Å². The molecule has 1 amide bonds. The van der Waals surface area contributed by atoms with Gasteiger partial charge in [0.15, 0.2) is 0 Å². The molecule has 5 nitrogen and oxygen atoms in total. The molecule has 1 N–H and O–H groups in total. The molecule has 1 heterocycles. The zero-order valence-electron chi connectivity index (χ0n) is 11.3. The molecule has 0 radical (unpaired) electrons. The van der Waals surface area contributed by atoms with Gasteiger partial charge in [0.25, 0.3) is 5.72 Å². The van der Waals surface area contributed by atoms with Crippen LogP contribution in [0.3, 0.4) is 0 Å². The van der Waals surface area contributed by atoms with Gasteiger partial charge in [-0.2, -0.15) is 23.3 Å². The van der Waals surface area contributed by atoms with E-state index in [0.717, 1.165) is 0 Å². The van der Waals surface area contributed by atoms with E-state index in [0.29, 0.717) is 12.8 Å². The molecule has 20 heavy (non-hydrogen) atoms. The number of carbonyl (C=O) groups is 1. The molecule has 8 heteroatoms. The number of amides is 1. The molecule has 0 aromatic rings. The highest BCUT2D eigenvalue weighted by Crippen LogP contribution is 2.49. The van der Waals surface area contributed by atoms with E-state index in [2.05, 4.69) is 9.84 Å². The van der Waals surface area contributed by atoms with Crippen molar-refractivity contribution >= 4 is 11.8 Å². The summed E-state index contributed by atoms with van der Waals surface area (Å²) >= 11 is 0. The van der Waals surface area contributed by atoms with Gasteiger partial charge in [-0.05, 0) is 25.7 Å². The average Bonchev–Trinajstić information content (AvgIpc) is 2.66. The molecule has 2 rings (SSSR count). The maximum absolute atomic E-state index is 13.3. The number of rotatable bonds is 1. The fourth-order valence-electron chi connectivity index (χ4n) is 2.86. The van der Waals surface area contributed by atoms with Crippen LogP contribution in [0.15, 0.2) is 5.10 Å². The first kappa shape index (κ1) is 15.1. The van der Waals surface area contributed by atoms with Crippen LogP contribution in [-0.4, -0.2) is 40.4 Å². The second kappa shape index (κ2) is 4.91. The van der Waals surface area contributed by atoms with Crippen molar-refractivity contribution in [2.45, 2.75) is 45.0 Å². The molecule has 114 valence electrons. The van der Waals surface area contributed by atoms with Crippen molar-refractivity contribution in [1.29, 1.82) is 0 Å². The summed E-state index contributed by atoms with van der Waals surface area (Å²) in [5, 5.41) is 14.0. The van der Waals surface area contributed by atoms with Gasteiger partial charge in [0, 0.05) is 5.71 Å². The molecule has 0 unspecified atom stereocenters. The van der Waals surface area contributed by atoms with E-state index in [1.807, 2.05) is 0 Å². The summed E-state index contributed by atoms with van der Waals surface area (Å²) in [7, 11) is 0. The first-order valence-electron chi connectivity index (χ1n) is 6.58. The lowest BCUT2D eigenvalue weighted by molar-refractivity contribution is -0.315. The Bertz CT molecular complexity index is 438. The smallest absolute Gasteiger partial charge is 0.439 e. The van der Waals surface area contributed by atoms with Gasteiger partial charge in [-0.1, -0.05) is 13.3 Å². The van der Waals surface area contributed by atoms with E-state index in [1.165, 1.54) is 6.92 Å². The normalized spacial score (nSPS) is 33.7. The van der Waals surface area contributed by atoms with Crippen molar-refractivity contribution in [3.63, 3.8) is 0 Å². The highest BCUT2D eigenvalue weighted by Gasteiger charge is 2.69. The Balaban J connectivity index is 2.44. The van der Waals surface area contributed by atoms with Crippen LogP contribution in [0.5, 0.6) is 0 Å². The van der Waals surface area contributed by atoms with Crippen LogP contribution in [0.4, 0.5) is 18.0 Å². The summed E-state index contributed by atoms with van der Waals surface area (Å²) in [6.07, 6.45) is -4.87. The Kier molecular flexibility index (Phi) is 3.70. The number of ether oxygens (including phenoxy) is 1. The zero-order valence-corrected chi connectivity index (χ0v) is 11.3. The summed E-state index contributed by atoms with van der Waals surface area (Å²) < 4.78 is 44.5. The van der Waals surface area contributed by atoms with Gasteiger partial charge < -0.3 is 9.84 Å². The summed E-state index contributed by atoms with van der Waals surface area (Å²) in [6.45, 7) is 3.13. The molecule has 3 atom stereocenters. The van der Waals surface area contributed by atoms with Crippen molar-refractivity contribution in [1.82, 2.24) is 5.01 Å². The van der Waals surface area contributed by atoms with Crippen molar-refractivity contribution in [2.24, 2.45) is 16.9 Å². The summed E-state index contributed by atoms with van der Waals surface area (Å²) in [4.78, 5) is 11.7. The largest absolute Gasteiger partial charge is 0.448 e. The summed E-state index contributed by atoms with van der Waals surface area (Å²) in [6, 6.07) is 0. The van der Waals surface area contributed by atoms with Gasteiger partial charge in [-0.3, -0.25) is 0 Å². The number of hydrazone groups is 1. The van der Waals surface area contributed by atoms with E-state index in [4.69, 9.17) is 0 Å². The predicted molar refractivity (Wildman–Crippen MR) is 63.8 cm³/mol. The maximum atomic E-state index is 13.3. The second-order valence-corrected chi connectivity index (χ2v) is 5.14. The quantitative estimate of drug-likeness (QED) is 0.808. The van der Waals surface area contributed by atoms with Crippen LogP contribution in [0.1, 0.15) is 33.1 Å². The Hall–Kier alpha value is -1.31. The summed E-state index contributed by atoms with van der Waals surface area (Å²) in [5.41, 5.74) is -3.08. The SMILES string of the molecule is CCOC(=O)N1N=C2[C@H](C)CCC[C@H]2[C@]1(O)C(F)(F)F. The molecule has 0 saturated heterocycles. The van der Waals surface area contributed by atoms with Crippen LogP contribution in [0.25, 0.3) is 0 Å². The van der Waals surface area contributed by atoms with E-state index >= 15 is 0 Å². The van der Waals surface area contributed by atoms with Crippen LogP contribution < -0.4 is 0 Å². The molecule has 0 spiro atoms. The third kappa shape index (κ3) is 2.06. The van der Waals surface area contributed by atoms with Crippen molar-refractivity contribution in [3.05, 3.63) is 0 Å².